The average Bonchev–Trinajstić information content (AvgIpc) is 3.17. The second kappa shape index (κ2) is 9.91. The molecule has 0 saturated heterocycles. The van der Waals surface area contributed by atoms with Crippen LogP contribution in [0.25, 0.3) is 16.8 Å². The first kappa shape index (κ1) is 24.3. The predicted octanol–water partition coefficient (Wildman–Crippen LogP) is 5.06. The number of rotatable bonds is 5. The highest BCUT2D eigenvalue weighted by Gasteiger charge is 2.33. The summed E-state index contributed by atoms with van der Waals surface area (Å²) < 4.78 is 7.79. The normalized spacial score (nSPS) is 15.8. The van der Waals surface area contributed by atoms with Crippen LogP contribution in [0, 0.1) is 0 Å². The molecule has 0 spiro atoms. The molecule has 36 heavy (non-hydrogen) atoms. The third-order valence-electron chi connectivity index (χ3n) is 6.13. The van der Waals surface area contributed by atoms with E-state index in [1.165, 1.54) is 11.3 Å². The van der Waals surface area contributed by atoms with Crippen molar-refractivity contribution >= 4 is 45.9 Å². The van der Waals surface area contributed by atoms with Gasteiger partial charge in [-0.1, -0.05) is 65.9 Å². The molecule has 3 aromatic carbocycles. The first-order valence-corrected chi connectivity index (χ1v) is 13.8. The zero-order valence-corrected chi connectivity index (χ0v) is 22.2. The first-order valence-electron chi connectivity index (χ1n) is 11.7. The van der Waals surface area contributed by atoms with Crippen molar-refractivity contribution in [1.29, 1.82) is 0 Å². The highest BCUT2D eigenvalue weighted by Crippen LogP contribution is 2.32. The molecule has 0 fully saturated rings. The summed E-state index contributed by atoms with van der Waals surface area (Å²) >= 11 is 2.98. The largest absolute Gasteiger partial charge is 0.459 e. The van der Waals surface area contributed by atoms with Gasteiger partial charge in [0.25, 0.3) is 5.56 Å². The molecule has 1 aliphatic heterocycles. The maximum atomic E-state index is 13.9. The smallest absolute Gasteiger partial charge is 0.338 e. The Kier molecular flexibility index (Phi) is 6.69. The van der Waals surface area contributed by atoms with Gasteiger partial charge in [0.1, 0.15) is 0 Å². The third kappa shape index (κ3) is 4.45. The van der Waals surface area contributed by atoms with Gasteiger partial charge in [-0.3, -0.25) is 9.36 Å². The number of benzene rings is 3. The molecule has 0 radical (unpaired) electrons. The van der Waals surface area contributed by atoms with Crippen molar-refractivity contribution in [3.63, 3.8) is 0 Å². The molecule has 7 heteroatoms. The van der Waals surface area contributed by atoms with Crippen molar-refractivity contribution < 1.29 is 9.53 Å². The second-order valence-corrected chi connectivity index (χ2v) is 10.8. The molecule has 0 N–H and O–H groups in total. The van der Waals surface area contributed by atoms with E-state index in [1.54, 1.807) is 16.3 Å². The van der Waals surface area contributed by atoms with E-state index in [2.05, 4.69) is 23.2 Å². The van der Waals surface area contributed by atoms with Gasteiger partial charge in [-0.05, 0) is 67.1 Å². The summed E-state index contributed by atoms with van der Waals surface area (Å²) in [5, 5.41) is 2.19. The molecule has 5 nitrogen and oxygen atoms in total. The van der Waals surface area contributed by atoms with E-state index >= 15 is 0 Å². The molecule has 1 aromatic heterocycles. The third-order valence-corrected chi connectivity index (χ3v) is 7.85. The molecule has 1 atom stereocenters. The van der Waals surface area contributed by atoms with E-state index in [9.17, 15) is 9.59 Å². The summed E-state index contributed by atoms with van der Waals surface area (Å²) in [5.41, 5.74) is 2.60. The molecule has 0 amide bonds. The standard InChI is InChI=1S/C29H26N2O3S2/c1-17(2)34-28(33)25-18(3)30-29-31(26(25)20-12-14-22(35-4)15-13-20)27(32)24(36-29)16-21-10-7-9-19-8-5-6-11-23(19)21/h5-17,26H,1-4H3. The maximum Gasteiger partial charge on any atom is 0.338 e. The summed E-state index contributed by atoms with van der Waals surface area (Å²) in [6.45, 7) is 5.44. The molecular formula is C29H26N2O3S2. The lowest BCUT2D eigenvalue weighted by atomic mass is 9.96. The van der Waals surface area contributed by atoms with Gasteiger partial charge in [-0.25, -0.2) is 9.79 Å². The van der Waals surface area contributed by atoms with Gasteiger partial charge in [0.2, 0.25) is 0 Å². The van der Waals surface area contributed by atoms with Crippen molar-refractivity contribution in [3.8, 4) is 0 Å². The van der Waals surface area contributed by atoms with Crippen LogP contribution >= 0.6 is 23.1 Å². The summed E-state index contributed by atoms with van der Waals surface area (Å²) in [4.78, 5) is 33.5. The quantitative estimate of drug-likeness (QED) is 0.276. The van der Waals surface area contributed by atoms with Crippen molar-refractivity contribution in [3.05, 3.63) is 109 Å². The van der Waals surface area contributed by atoms with Gasteiger partial charge in [0, 0.05) is 4.90 Å². The van der Waals surface area contributed by atoms with E-state index in [4.69, 9.17) is 4.74 Å². The summed E-state index contributed by atoms with van der Waals surface area (Å²) in [5.74, 6) is -0.450. The molecule has 0 saturated carbocycles. The molecule has 0 aliphatic carbocycles. The number of carbonyl (C=O) groups excluding carboxylic acids is 1. The summed E-state index contributed by atoms with van der Waals surface area (Å²) in [7, 11) is 0. The number of hydrogen-bond acceptors (Lipinski definition) is 6. The van der Waals surface area contributed by atoms with Crippen LogP contribution in [0.4, 0.5) is 0 Å². The van der Waals surface area contributed by atoms with Gasteiger partial charge in [-0.15, -0.1) is 11.8 Å². The van der Waals surface area contributed by atoms with Gasteiger partial charge < -0.3 is 4.74 Å². The Bertz CT molecular complexity index is 1670. The fraction of sp³-hybridized carbons (Fsp3) is 0.207. The molecule has 4 aromatic rings. The zero-order valence-electron chi connectivity index (χ0n) is 20.5. The van der Waals surface area contributed by atoms with Crippen LogP contribution in [0.15, 0.2) is 92.7 Å². The van der Waals surface area contributed by atoms with Crippen molar-refractivity contribution in [2.45, 2.75) is 37.8 Å². The number of ether oxygens (including phenoxy) is 1. The number of thiazole rings is 1. The minimum atomic E-state index is -0.613. The van der Waals surface area contributed by atoms with Gasteiger partial charge in [-0.2, -0.15) is 0 Å². The maximum absolute atomic E-state index is 13.9. The first-order chi connectivity index (χ1) is 17.4. The summed E-state index contributed by atoms with van der Waals surface area (Å²) in [6, 6.07) is 21.5. The monoisotopic (exact) mass is 514 g/mol. The Morgan fingerprint density at radius 1 is 1.08 bits per heavy atom. The average molecular weight is 515 g/mol. The van der Waals surface area contributed by atoms with Crippen LogP contribution in [-0.2, 0) is 9.53 Å². The molecule has 182 valence electrons. The Hall–Kier alpha value is -3.42. The minimum Gasteiger partial charge on any atom is -0.459 e. The van der Waals surface area contributed by atoms with Crippen molar-refractivity contribution in [2.75, 3.05) is 6.26 Å². The van der Waals surface area contributed by atoms with E-state index in [-0.39, 0.29) is 11.7 Å². The van der Waals surface area contributed by atoms with E-state index < -0.39 is 12.0 Å². The lowest BCUT2D eigenvalue weighted by Crippen LogP contribution is -2.40. The SMILES string of the molecule is CSc1ccc(C2C(C(=O)OC(C)C)=C(C)N=c3sc(=Cc4cccc5ccccc45)c(=O)n32)cc1. The van der Waals surface area contributed by atoms with Crippen LogP contribution in [0.5, 0.6) is 0 Å². The summed E-state index contributed by atoms with van der Waals surface area (Å²) in [6.07, 6.45) is 3.65. The van der Waals surface area contributed by atoms with Gasteiger partial charge >= 0.3 is 5.97 Å². The number of aromatic nitrogens is 1. The lowest BCUT2D eigenvalue weighted by molar-refractivity contribution is -0.143. The van der Waals surface area contributed by atoms with Crippen molar-refractivity contribution in [1.82, 2.24) is 4.57 Å². The molecular weight excluding hydrogens is 488 g/mol. The van der Waals surface area contributed by atoms with E-state index in [1.807, 2.05) is 81.6 Å². The second-order valence-electron chi connectivity index (χ2n) is 8.88. The number of thioether (sulfide) groups is 1. The highest BCUT2D eigenvalue weighted by atomic mass is 32.2. The van der Waals surface area contributed by atoms with Crippen LogP contribution in [0.1, 0.15) is 37.9 Å². The molecule has 1 aliphatic rings. The topological polar surface area (TPSA) is 60.7 Å². The van der Waals surface area contributed by atoms with Crippen LogP contribution < -0.4 is 14.9 Å². The Morgan fingerprint density at radius 2 is 1.81 bits per heavy atom. The lowest BCUT2D eigenvalue weighted by Gasteiger charge is -2.25. The number of fused-ring (bicyclic) bond motifs is 2. The van der Waals surface area contributed by atoms with Crippen molar-refractivity contribution in [2.24, 2.45) is 4.99 Å². The fourth-order valence-electron chi connectivity index (χ4n) is 4.48. The highest BCUT2D eigenvalue weighted by molar-refractivity contribution is 7.98. The predicted molar refractivity (Wildman–Crippen MR) is 147 cm³/mol. The number of allylic oxidation sites excluding steroid dienone is 1. The Labute approximate surface area is 217 Å². The number of nitrogens with zero attached hydrogens (tertiary/aromatic N) is 2. The molecule has 2 heterocycles. The van der Waals surface area contributed by atoms with Crippen LogP contribution in [0.3, 0.4) is 0 Å². The Morgan fingerprint density at radius 3 is 2.53 bits per heavy atom. The number of hydrogen-bond donors (Lipinski definition) is 0. The number of esters is 1. The van der Waals surface area contributed by atoms with Crippen LogP contribution in [-0.4, -0.2) is 22.9 Å². The number of carbonyl (C=O) groups is 1. The molecule has 0 bridgehead atoms. The van der Waals surface area contributed by atoms with E-state index in [0.717, 1.165) is 26.8 Å². The minimum absolute atomic E-state index is 0.173. The molecule has 1 unspecified atom stereocenters. The fourth-order valence-corrected chi connectivity index (χ4v) is 5.93. The van der Waals surface area contributed by atoms with Gasteiger partial charge in [0.05, 0.1) is 27.9 Å². The zero-order chi connectivity index (χ0) is 25.4. The van der Waals surface area contributed by atoms with Gasteiger partial charge in [0.15, 0.2) is 4.80 Å². The molecule has 5 rings (SSSR count). The van der Waals surface area contributed by atoms with Crippen LogP contribution in [0.2, 0.25) is 0 Å². The Balaban J connectivity index is 1.73. The van der Waals surface area contributed by atoms with E-state index in [0.29, 0.717) is 20.6 Å².